The number of benzene rings is 1. The van der Waals surface area contributed by atoms with Gasteiger partial charge in [-0.05, 0) is 24.9 Å². The Morgan fingerprint density at radius 3 is 2.52 bits per heavy atom. The second-order valence-corrected chi connectivity index (χ2v) is 7.30. The van der Waals surface area contributed by atoms with Crippen LogP contribution in [0.25, 0.3) is 5.73 Å². The average Bonchev–Trinajstić information content (AvgIpc) is 2.77. The molecule has 1 amide bonds. The normalized spacial score (nSPS) is 10.9. The van der Waals surface area contributed by atoms with E-state index in [1.54, 1.807) is 24.3 Å². The van der Waals surface area contributed by atoms with Gasteiger partial charge < -0.3 is 41.4 Å². The number of nitrogens with two attached hydrogens (primary N) is 1. The number of hydrogen-bond donors (Lipinski definition) is 4. The molecule has 10 heteroatoms. The summed E-state index contributed by atoms with van der Waals surface area (Å²) in [6.07, 6.45) is -0.603. The SMILES string of the molecule is CC(C)C#CCO.CC(C)NCCNC(=O)c1cccc(OCC(N)OCCOC[NH-])c1.[W]. The second kappa shape index (κ2) is 22.3. The molecule has 0 fully saturated rings. The minimum atomic E-state index is -0.603. The zero-order chi connectivity index (χ0) is 24.2. The van der Waals surface area contributed by atoms with Crippen molar-refractivity contribution in [3.63, 3.8) is 0 Å². The number of aliphatic hydroxyl groups is 1. The molecule has 0 aromatic heterocycles. The van der Waals surface area contributed by atoms with Crippen molar-refractivity contribution in [1.82, 2.24) is 10.6 Å². The summed E-state index contributed by atoms with van der Waals surface area (Å²) >= 11 is 0. The van der Waals surface area contributed by atoms with Gasteiger partial charge in [0.1, 0.15) is 25.2 Å². The fourth-order valence-electron chi connectivity index (χ4n) is 2.17. The Kier molecular flexibility index (Phi) is 22.8. The molecule has 0 saturated carbocycles. The monoisotopic (exact) mass is 635 g/mol. The quantitative estimate of drug-likeness (QED) is 0.147. The van der Waals surface area contributed by atoms with E-state index in [0.717, 1.165) is 6.54 Å². The number of amides is 1. The third kappa shape index (κ3) is 20.8. The van der Waals surface area contributed by atoms with Crippen LogP contribution >= 0.6 is 0 Å². The van der Waals surface area contributed by atoms with Gasteiger partial charge in [0.05, 0.1) is 13.2 Å². The predicted molar refractivity (Wildman–Crippen MR) is 126 cm³/mol. The molecular formula is C23H39N4O5W-. The summed E-state index contributed by atoms with van der Waals surface area (Å²) in [5.41, 5.74) is 13.1. The van der Waals surface area contributed by atoms with Gasteiger partial charge in [0.15, 0.2) is 0 Å². The molecule has 0 radical (unpaired) electrons. The maximum absolute atomic E-state index is 12.1. The van der Waals surface area contributed by atoms with E-state index >= 15 is 0 Å². The van der Waals surface area contributed by atoms with E-state index in [9.17, 15) is 4.79 Å². The number of rotatable bonds is 13. The number of ether oxygens (including phenoxy) is 3. The molecule has 0 spiro atoms. The molecular weight excluding hydrogens is 596 g/mol. The fraction of sp³-hybridized carbons (Fsp3) is 0.609. The standard InChI is InChI=1S/C17H29N4O4.C6H10O.W/c1-13(2)20-6-7-21-17(22)14-4-3-5-15(10-14)25-11-16(19)24-9-8-23-12-18;1-6(2)4-3-5-7;/h3-5,10,13,16,18,20H,6-9,11-12,19H2,1-2H3,(H,21,22);6-7H,5H2,1-2H3;/q-1;;. The summed E-state index contributed by atoms with van der Waals surface area (Å²) in [6, 6.07) is 7.30. The zero-order valence-electron chi connectivity index (χ0n) is 20.1. The molecule has 0 saturated heterocycles. The molecule has 188 valence electrons. The van der Waals surface area contributed by atoms with Crippen LogP contribution in [0.3, 0.4) is 0 Å². The van der Waals surface area contributed by atoms with Gasteiger partial charge in [-0.25, -0.2) is 0 Å². The van der Waals surface area contributed by atoms with Gasteiger partial charge in [-0.3, -0.25) is 4.79 Å². The molecule has 1 rings (SSSR count). The van der Waals surface area contributed by atoms with Crippen LogP contribution in [0.15, 0.2) is 24.3 Å². The third-order valence-corrected chi connectivity index (χ3v) is 3.61. The molecule has 6 N–H and O–H groups in total. The van der Waals surface area contributed by atoms with Crippen molar-refractivity contribution in [2.45, 2.75) is 40.0 Å². The maximum Gasteiger partial charge on any atom is 0.251 e. The summed E-state index contributed by atoms with van der Waals surface area (Å²) in [7, 11) is 0. The number of nitrogens with one attached hydrogen (secondary N) is 3. The van der Waals surface area contributed by atoms with Gasteiger partial charge in [-0.2, -0.15) is 0 Å². The van der Waals surface area contributed by atoms with E-state index < -0.39 is 6.23 Å². The Bertz CT molecular complexity index is 680. The number of hydrogen-bond acceptors (Lipinski definition) is 7. The van der Waals surface area contributed by atoms with Crippen molar-refractivity contribution in [1.29, 1.82) is 0 Å². The van der Waals surface area contributed by atoms with Crippen molar-refractivity contribution in [2.24, 2.45) is 11.7 Å². The van der Waals surface area contributed by atoms with E-state index in [4.69, 9.17) is 30.8 Å². The van der Waals surface area contributed by atoms with Gasteiger partial charge in [-0.15, -0.1) is 0 Å². The molecule has 0 aliphatic heterocycles. The zero-order valence-corrected chi connectivity index (χ0v) is 23.0. The molecule has 1 atom stereocenters. The first-order valence-electron chi connectivity index (χ1n) is 10.7. The van der Waals surface area contributed by atoms with Crippen molar-refractivity contribution in [3.8, 4) is 17.6 Å². The first-order valence-corrected chi connectivity index (χ1v) is 10.7. The molecule has 0 heterocycles. The summed E-state index contributed by atoms with van der Waals surface area (Å²) < 4.78 is 15.7. The Hall–Kier alpha value is -1.50. The van der Waals surface area contributed by atoms with Crippen LogP contribution in [0.4, 0.5) is 0 Å². The molecule has 33 heavy (non-hydrogen) atoms. The molecule has 9 nitrogen and oxygen atoms in total. The average molecular weight is 635 g/mol. The molecule has 1 aromatic carbocycles. The topological polar surface area (TPSA) is 139 Å². The van der Waals surface area contributed by atoms with Crippen molar-refractivity contribution in [2.75, 3.05) is 46.2 Å². The van der Waals surface area contributed by atoms with Crippen LogP contribution in [-0.2, 0) is 30.5 Å². The number of aliphatic hydroxyl groups excluding tert-OH is 1. The van der Waals surface area contributed by atoms with Crippen LogP contribution in [0.5, 0.6) is 5.75 Å². The Balaban J connectivity index is 0. The summed E-state index contributed by atoms with van der Waals surface area (Å²) in [4.78, 5) is 12.1. The summed E-state index contributed by atoms with van der Waals surface area (Å²) in [5, 5.41) is 14.2. The van der Waals surface area contributed by atoms with Crippen molar-refractivity contribution < 1.29 is 45.2 Å². The van der Waals surface area contributed by atoms with Crippen LogP contribution < -0.4 is 21.1 Å². The van der Waals surface area contributed by atoms with Gasteiger partial charge in [0.25, 0.3) is 5.91 Å². The Morgan fingerprint density at radius 2 is 1.94 bits per heavy atom. The van der Waals surface area contributed by atoms with Gasteiger partial charge in [0.2, 0.25) is 0 Å². The van der Waals surface area contributed by atoms with Crippen LogP contribution in [-0.4, -0.2) is 69.5 Å². The van der Waals surface area contributed by atoms with E-state index in [-0.39, 0.29) is 46.9 Å². The molecule has 0 aliphatic carbocycles. The first-order chi connectivity index (χ1) is 15.3. The van der Waals surface area contributed by atoms with Crippen LogP contribution in [0.2, 0.25) is 0 Å². The predicted octanol–water partition coefficient (Wildman–Crippen LogP) is 1.76. The number of carbonyl (C=O) groups excluding carboxylic acids is 1. The largest absolute Gasteiger partial charge is 0.655 e. The van der Waals surface area contributed by atoms with Crippen LogP contribution in [0, 0.1) is 17.8 Å². The second-order valence-electron chi connectivity index (χ2n) is 7.30. The van der Waals surface area contributed by atoms with Gasteiger partial charge >= 0.3 is 0 Å². The molecule has 0 aliphatic rings. The number of carbonyl (C=O) groups is 1. The molecule has 1 unspecified atom stereocenters. The first kappa shape index (κ1) is 33.7. The van der Waals surface area contributed by atoms with Gasteiger partial charge in [-0.1, -0.05) is 45.6 Å². The minimum absolute atomic E-state index is 0. The summed E-state index contributed by atoms with van der Waals surface area (Å²) in [5.74, 6) is 6.13. The third-order valence-electron chi connectivity index (χ3n) is 3.61. The van der Waals surface area contributed by atoms with Crippen molar-refractivity contribution in [3.05, 3.63) is 35.6 Å². The fourth-order valence-corrected chi connectivity index (χ4v) is 2.17. The smallest absolute Gasteiger partial charge is 0.251 e. The van der Waals surface area contributed by atoms with E-state index in [0.29, 0.717) is 43.0 Å². The Morgan fingerprint density at radius 1 is 1.21 bits per heavy atom. The van der Waals surface area contributed by atoms with E-state index in [1.807, 2.05) is 13.8 Å². The van der Waals surface area contributed by atoms with Crippen LogP contribution in [0.1, 0.15) is 38.1 Å². The minimum Gasteiger partial charge on any atom is -0.655 e. The summed E-state index contributed by atoms with van der Waals surface area (Å²) in [6.45, 7) is 10.0. The maximum atomic E-state index is 12.1. The molecule has 1 aromatic rings. The Labute approximate surface area is 212 Å². The van der Waals surface area contributed by atoms with E-state index in [1.165, 1.54) is 0 Å². The van der Waals surface area contributed by atoms with E-state index in [2.05, 4.69) is 36.3 Å². The van der Waals surface area contributed by atoms with Gasteiger partial charge in [0, 0.05) is 51.7 Å². The van der Waals surface area contributed by atoms with Crippen molar-refractivity contribution >= 4 is 5.91 Å². The molecule has 0 bridgehead atoms.